The molecule has 0 fully saturated rings. The van der Waals surface area contributed by atoms with Crippen LogP contribution in [0, 0.1) is 10.1 Å². The van der Waals surface area contributed by atoms with E-state index < -0.39 is 4.92 Å². The largest absolute Gasteiger partial charge is 0.508 e. The average molecular weight is 288 g/mol. The molecule has 0 aromatic heterocycles. The minimum absolute atomic E-state index is 0.0543. The topological polar surface area (TPSA) is 84.6 Å². The van der Waals surface area contributed by atoms with E-state index in [2.05, 4.69) is 5.32 Å². The molecule has 0 radical (unpaired) electrons. The Bertz CT molecular complexity index is 658. The van der Waals surface area contributed by atoms with Crippen molar-refractivity contribution in [2.75, 3.05) is 12.4 Å². The summed E-state index contributed by atoms with van der Waals surface area (Å²) in [5, 5.41) is 23.7. The van der Waals surface area contributed by atoms with Crippen LogP contribution < -0.4 is 10.1 Å². The van der Waals surface area contributed by atoms with Crippen molar-refractivity contribution in [2.24, 2.45) is 0 Å². The first-order chi connectivity index (χ1) is 10.0. The summed E-state index contributed by atoms with van der Waals surface area (Å²) >= 11 is 0. The summed E-state index contributed by atoms with van der Waals surface area (Å²) in [6.45, 7) is 1.86. The summed E-state index contributed by atoms with van der Waals surface area (Å²) in [7, 11) is 1.46. The molecule has 2 aromatic carbocycles. The minimum atomic E-state index is -0.458. The fourth-order valence-electron chi connectivity index (χ4n) is 2.02. The molecular formula is C15H16N2O4. The van der Waals surface area contributed by atoms with Gasteiger partial charge in [0.05, 0.1) is 18.1 Å². The number of ether oxygens (including phenoxy) is 1. The number of nitro benzene ring substituents is 1. The van der Waals surface area contributed by atoms with Gasteiger partial charge in [0.15, 0.2) is 0 Å². The predicted octanol–water partition coefficient (Wildman–Crippen LogP) is 3.48. The predicted molar refractivity (Wildman–Crippen MR) is 79.8 cm³/mol. The molecule has 0 saturated heterocycles. The molecule has 0 spiro atoms. The number of nitrogens with one attached hydrogen (secondary N) is 1. The summed E-state index contributed by atoms with van der Waals surface area (Å²) in [6, 6.07) is 11.2. The summed E-state index contributed by atoms with van der Waals surface area (Å²) in [5.74, 6) is 0.586. The number of nitrogens with zero attached hydrogens (tertiary/aromatic N) is 1. The van der Waals surface area contributed by atoms with E-state index in [1.807, 2.05) is 13.0 Å². The second-order valence-corrected chi connectivity index (χ2v) is 4.60. The van der Waals surface area contributed by atoms with Gasteiger partial charge in [-0.3, -0.25) is 10.1 Å². The fraction of sp³-hybridized carbons (Fsp3) is 0.200. The zero-order valence-electron chi connectivity index (χ0n) is 11.7. The fourth-order valence-corrected chi connectivity index (χ4v) is 2.02. The number of methoxy groups -OCH3 is 1. The van der Waals surface area contributed by atoms with Gasteiger partial charge in [-0.25, -0.2) is 0 Å². The smallest absolute Gasteiger partial charge is 0.296 e. The van der Waals surface area contributed by atoms with E-state index >= 15 is 0 Å². The summed E-state index contributed by atoms with van der Waals surface area (Å²) in [6.07, 6.45) is 0. The number of phenols is 1. The van der Waals surface area contributed by atoms with Crippen molar-refractivity contribution in [1.29, 1.82) is 0 Å². The Morgan fingerprint density at radius 2 is 2.05 bits per heavy atom. The van der Waals surface area contributed by atoms with Gasteiger partial charge in [-0.2, -0.15) is 0 Å². The van der Waals surface area contributed by atoms with Crippen LogP contribution in [0.1, 0.15) is 18.5 Å². The van der Waals surface area contributed by atoms with Gasteiger partial charge >= 0.3 is 0 Å². The number of phenolic OH excluding ortho intramolecular Hbond substituents is 1. The summed E-state index contributed by atoms with van der Waals surface area (Å²) in [5.41, 5.74) is 1.18. The van der Waals surface area contributed by atoms with Crippen LogP contribution in [-0.2, 0) is 0 Å². The number of hydrogen-bond donors (Lipinski definition) is 2. The van der Waals surface area contributed by atoms with Crippen LogP contribution in [0.5, 0.6) is 11.5 Å². The molecule has 0 saturated carbocycles. The first-order valence-electron chi connectivity index (χ1n) is 6.39. The Labute approximate surface area is 122 Å². The molecule has 0 aliphatic rings. The molecule has 0 heterocycles. The van der Waals surface area contributed by atoms with Crippen LogP contribution in [0.25, 0.3) is 0 Å². The van der Waals surface area contributed by atoms with Crippen LogP contribution in [0.2, 0.25) is 0 Å². The molecule has 21 heavy (non-hydrogen) atoms. The molecule has 1 atom stereocenters. The van der Waals surface area contributed by atoms with E-state index in [9.17, 15) is 15.2 Å². The molecule has 0 aliphatic carbocycles. The lowest BCUT2D eigenvalue weighted by Gasteiger charge is -2.16. The van der Waals surface area contributed by atoms with E-state index in [0.717, 1.165) is 5.56 Å². The second-order valence-electron chi connectivity index (χ2n) is 4.60. The average Bonchev–Trinajstić information content (AvgIpc) is 2.47. The standard InChI is InChI=1S/C15H16N2O4/c1-10(11-4-3-5-12(18)8-11)16-14-7-6-13(21-2)9-15(14)17(19)20/h3-10,16,18H,1-2H3. The lowest BCUT2D eigenvalue weighted by molar-refractivity contribution is -0.384. The monoisotopic (exact) mass is 288 g/mol. The Hall–Kier alpha value is -2.76. The van der Waals surface area contributed by atoms with Crippen LogP contribution in [0.4, 0.5) is 11.4 Å². The molecule has 110 valence electrons. The molecule has 0 amide bonds. The zero-order chi connectivity index (χ0) is 15.4. The summed E-state index contributed by atoms with van der Waals surface area (Å²) < 4.78 is 5.00. The van der Waals surface area contributed by atoms with Crippen molar-refractivity contribution in [3.8, 4) is 11.5 Å². The van der Waals surface area contributed by atoms with E-state index in [0.29, 0.717) is 11.4 Å². The quantitative estimate of drug-likeness (QED) is 0.650. The van der Waals surface area contributed by atoms with Gasteiger partial charge in [-0.05, 0) is 36.8 Å². The highest BCUT2D eigenvalue weighted by Crippen LogP contribution is 2.32. The number of hydrogen-bond acceptors (Lipinski definition) is 5. The number of aromatic hydroxyl groups is 1. The van der Waals surface area contributed by atoms with Crippen molar-refractivity contribution in [1.82, 2.24) is 0 Å². The highest BCUT2D eigenvalue weighted by atomic mass is 16.6. The molecular weight excluding hydrogens is 272 g/mol. The molecule has 2 N–H and O–H groups in total. The van der Waals surface area contributed by atoms with Crippen LogP contribution in [-0.4, -0.2) is 17.1 Å². The maximum Gasteiger partial charge on any atom is 0.296 e. The Morgan fingerprint density at radius 1 is 1.29 bits per heavy atom. The van der Waals surface area contributed by atoms with Crippen molar-refractivity contribution >= 4 is 11.4 Å². The Kier molecular flexibility index (Phi) is 4.27. The third-order valence-corrected chi connectivity index (χ3v) is 3.14. The van der Waals surface area contributed by atoms with E-state index in [1.54, 1.807) is 30.3 Å². The van der Waals surface area contributed by atoms with Crippen molar-refractivity contribution in [3.05, 3.63) is 58.1 Å². The minimum Gasteiger partial charge on any atom is -0.508 e. The molecule has 6 nitrogen and oxygen atoms in total. The van der Waals surface area contributed by atoms with Crippen molar-refractivity contribution < 1.29 is 14.8 Å². The highest BCUT2D eigenvalue weighted by molar-refractivity contribution is 5.64. The summed E-state index contributed by atoms with van der Waals surface area (Å²) in [4.78, 5) is 10.7. The SMILES string of the molecule is COc1ccc(NC(C)c2cccc(O)c2)c([N+](=O)[O-])c1. The maximum atomic E-state index is 11.1. The molecule has 6 heteroatoms. The molecule has 0 aliphatic heterocycles. The molecule has 2 rings (SSSR count). The Balaban J connectivity index is 2.28. The maximum absolute atomic E-state index is 11.1. The van der Waals surface area contributed by atoms with Gasteiger partial charge in [0.1, 0.15) is 17.2 Å². The van der Waals surface area contributed by atoms with Gasteiger partial charge in [-0.15, -0.1) is 0 Å². The first-order valence-corrected chi connectivity index (χ1v) is 6.39. The van der Waals surface area contributed by atoms with Crippen LogP contribution in [0.3, 0.4) is 0 Å². The second kappa shape index (κ2) is 6.13. The van der Waals surface area contributed by atoms with Gasteiger partial charge < -0.3 is 15.2 Å². The van der Waals surface area contributed by atoms with Gasteiger partial charge in [0.25, 0.3) is 5.69 Å². The van der Waals surface area contributed by atoms with Gasteiger partial charge in [0.2, 0.25) is 0 Å². The molecule has 1 unspecified atom stereocenters. The first kappa shape index (κ1) is 14.6. The third-order valence-electron chi connectivity index (χ3n) is 3.14. The lowest BCUT2D eigenvalue weighted by atomic mass is 10.1. The lowest BCUT2D eigenvalue weighted by Crippen LogP contribution is -2.08. The van der Waals surface area contributed by atoms with Crippen LogP contribution in [0.15, 0.2) is 42.5 Å². The van der Waals surface area contributed by atoms with Crippen LogP contribution >= 0.6 is 0 Å². The number of rotatable bonds is 5. The van der Waals surface area contributed by atoms with E-state index in [-0.39, 0.29) is 17.5 Å². The third kappa shape index (κ3) is 3.42. The zero-order valence-corrected chi connectivity index (χ0v) is 11.7. The van der Waals surface area contributed by atoms with Gasteiger partial charge in [-0.1, -0.05) is 12.1 Å². The normalized spacial score (nSPS) is 11.7. The number of anilines is 1. The number of benzene rings is 2. The molecule has 2 aromatic rings. The van der Waals surface area contributed by atoms with E-state index in [1.165, 1.54) is 13.2 Å². The van der Waals surface area contributed by atoms with Crippen molar-refractivity contribution in [2.45, 2.75) is 13.0 Å². The van der Waals surface area contributed by atoms with Crippen molar-refractivity contribution in [3.63, 3.8) is 0 Å². The Morgan fingerprint density at radius 3 is 2.67 bits per heavy atom. The molecule has 0 bridgehead atoms. The van der Waals surface area contributed by atoms with E-state index in [4.69, 9.17) is 4.74 Å². The number of nitro groups is 1. The highest BCUT2D eigenvalue weighted by Gasteiger charge is 2.17. The van der Waals surface area contributed by atoms with Gasteiger partial charge in [0, 0.05) is 6.04 Å².